The molecule has 3 nitrogen and oxygen atoms in total. The average Bonchev–Trinajstić information content (AvgIpc) is 1.94. The first-order valence-electron chi connectivity index (χ1n) is 4.03. The lowest BCUT2D eigenvalue weighted by Crippen LogP contribution is -2.52. The van der Waals surface area contributed by atoms with Crippen LogP contribution in [0.5, 0.6) is 0 Å². The Morgan fingerprint density at radius 2 is 2.27 bits per heavy atom. The van der Waals surface area contributed by atoms with Crippen LogP contribution in [0.15, 0.2) is 0 Å². The zero-order chi connectivity index (χ0) is 8.43. The van der Waals surface area contributed by atoms with E-state index in [1.807, 2.05) is 0 Å². The molecule has 3 heteroatoms. The first kappa shape index (κ1) is 8.53. The number of amides is 1. The molecular weight excluding hydrogens is 142 g/mol. The molecule has 0 spiro atoms. The van der Waals surface area contributed by atoms with Gasteiger partial charge in [-0.15, -0.1) is 0 Å². The summed E-state index contributed by atoms with van der Waals surface area (Å²) in [7, 11) is 0. The number of morpholine rings is 1. The summed E-state index contributed by atoms with van der Waals surface area (Å²) in [6, 6.07) is 0.193. The molecule has 0 aromatic heterocycles. The Morgan fingerprint density at radius 3 is 2.73 bits per heavy atom. The van der Waals surface area contributed by atoms with Crippen LogP contribution in [-0.2, 0) is 9.53 Å². The van der Waals surface area contributed by atoms with Gasteiger partial charge in [0.2, 0.25) is 5.91 Å². The average molecular weight is 157 g/mol. The van der Waals surface area contributed by atoms with Crippen molar-refractivity contribution in [3.05, 3.63) is 0 Å². The first-order chi connectivity index (χ1) is 5.11. The summed E-state index contributed by atoms with van der Waals surface area (Å²) in [6.07, 6.45) is -0.273. The summed E-state index contributed by atoms with van der Waals surface area (Å²) in [5.74, 6) is 0.460. The number of nitrogens with one attached hydrogen (secondary N) is 1. The lowest BCUT2D eigenvalue weighted by atomic mass is 10.0. The van der Waals surface area contributed by atoms with Gasteiger partial charge in [-0.1, -0.05) is 13.8 Å². The number of rotatable bonds is 1. The molecule has 1 N–H and O–H groups in total. The molecule has 1 heterocycles. The van der Waals surface area contributed by atoms with E-state index in [9.17, 15) is 4.79 Å². The molecule has 1 aliphatic rings. The summed E-state index contributed by atoms with van der Waals surface area (Å²) in [5, 5.41) is 2.90. The fourth-order valence-electron chi connectivity index (χ4n) is 1.02. The van der Waals surface area contributed by atoms with Crippen LogP contribution in [0.1, 0.15) is 20.8 Å². The predicted molar refractivity (Wildman–Crippen MR) is 42.2 cm³/mol. The molecule has 0 radical (unpaired) electrons. The summed E-state index contributed by atoms with van der Waals surface area (Å²) < 4.78 is 5.25. The molecule has 0 bridgehead atoms. The van der Waals surface area contributed by atoms with Crippen molar-refractivity contribution in [2.45, 2.75) is 32.9 Å². The quantitative estimate of drug-likeness (QED) is 0.603. The van der Waals surface area contributed by atoms with Crippen molar-refractivity contribution in [2.75, 3.05) is 6.61 Å². The van der Waals surface area contributed by atoms with Crippen molar-refractivity contribution < 1.29 is 9.53 Å². The topological polar surface area (TPSA) is 38.3 Å². The highest BCUT2D eigenvalue weighted by atomic mass is 16.5. The van der Waals surface area contributed by atoms with E-state index in [0.29, 0.717) is 12.5 Å². The van der Waals surface area contributed by atoms with E-state index in [2.05, 4.69) is 19.2 Å². The molecule has 2 atom stereocenters. The second-order valence-corrected chi connectivity index (χ2v) is 3.33. The summed E-state index contributed by atoms with van der Waals surface area (Å²) in [4.78, 5) is 11.1. The van der Waals surface area contributed by atoms with Crippen molar-refractivity contribution >= 4 is 5.91 Å². The van der Waals surface area contributed by atoms with Gasteiger partial charge in [-0.3, -0.25) is 4.79 Å². The molecule has 1 rings (SSSR count). The molecule has 0 aromatic carbocycles. The second kappa shape index (κ2) is 3.22. The van der Waals surface area contributed by atoms with E-state index in [-0.39, 0.29) is 18.1 Å². The third-order valence-corrected chi connectivity index (χ3v) is 2.03. The molecule has 1 amide bonds. The van der Waals surface area contributed by atoms with Crippen molar-refractivity contribution in [3.8, 4) is 0 Å². The lowest BCUT2D eigenvalue weighted by Gasteiger charge is -2.30. The third kappa shape index (κ3) is 1.93. The predicted octanol–water partition coefficient (Wildman–Crippen LogP) is 0.546. The van der Waals surface area contributed by atoms with Crippen LogP contribution in [-0.4, -0.2) is 24.7 Å². The zero-order valence-corrected chi connectivity index (χ0v) is 7.26. The maximum absolute atomic E-state index is 11.1. The normalized spacial score (nSPS) is 32.2. The van der Waals surface area contributed by atoms with Crippen LogP contribution in [0.25, 0.3) is 0 Å². The number of hydrogen-bond donors (Lipinski definition) is 1. The number of carbonyl (C=O) groups excluding carboxylic acids is 1. The number of ether oxygens (including phenoxy) is 1. The molecule has 2 unspecified atom stereocenters. The van der Waals surface area contributed by atoms with Crippen molar-refractivity contribution in [1.29, 1.82) is 0 Å². The van der Waals surface area contributed by atoms with Crippen LogP contribution >= 0.6 is 0 Å². The monoisotopic (exact) mass is 157 g/mol. The van der Waals surface area contributed by atoms with E-state index in [1.54, 1.807) is 6.92 Å². The van der Waals surface area contributed by atoms with E-state index >= 15 is 0 Å². The van der Waals surface area contributed by atoms with E-state index < -0.39 is 0 Å². The minimum absolute atomic E-state index is 0.00921. The molecule has 1 aliphatic heterocycles. The molecule has 64 valence electrons. The molecular formula is C8H15NO2. The summed E-state index contributed by atoms with van der Waals surface area (Å²) >= 11 is 0. The smallest absolute Gasteiger partial charge is 0.249 e. The molecule has 1 fully saturated rings. The van der Waals surface area contributed by atoms with Crippen LogP contribution in [0.3, 0.4) is 0 Å². The van der Waals surface area contributed by atoms with Gasteiger partial charge in [-0.2, -0.15) is 0 Å². The Balaban J connectivity index is 2.46. The van der Waals surface area contributed by atoms with Crippen LogP contribution < -0.4 is 5.32 Å². The minimum Gasteiger partial charge on any atom is -0.367 e. The van der Waals surface area contributed by atoms with Gasteiger partial charge in [0, 0.05) is 0 Å². The van der Waals surface area contributed by atoms with E-state index in [4.69, 9.17) is 4.74 Å². The van der Waals surface area contributed by atoms with Gasteiger partial charge in [0.1, 0.15) is 6.10 Å². The minimum atomic E-state index is -0.273. The Labute approximate surface area is 67.1 Å². The Bertz CT molecular complexity index is 156. The molecule has 0 aromatic rings. The lowest BCUT2D eigenvalue weighted by molar-refractivity contribution is -0.140. The fraction of sp³-hybridized carbons (Fsp3) is 0.875. The largest absolute Gasteiger partial charge is 0.367 e. The Morgan fingerprint density at radius 1 is 1.64 bits per heavy atom. The number of carbonyl (C=O) groups is 1. The standard InChI is InChI=1S/C8H15NO2/c1-5(2)7-4-11-6(3)8(10)9-7/h5-7H,4H2,1-3H3,(H,9,10). The third-order valence-electron chi connectivity index (χ3n) is 2.03. The van der Waals surface area contributed by atoms with Gasteiger partial charge in [0.05, 0.1) is 12.6 Å². The first-order valence-corrected chi connectivity index (χ1v) is 4.03. The Hall–Kier alpha value is -0.570. The van der Waals surface area contributed by atoms with Gasteiger partial charge in [-0.05, 0) is 12.8 Å². The SMILES string of the molecule is CC1OCC(C(C)C)NC1=O. The van der Waals surface area contributed by atoms with Crippen molar-refractivity contribution in [3.63, 3.8) is 0 Å². The van der Waals surface area contributed by atoms with Crippen LogP contribution in [0.2, 0.25) is 0 Å². The van der Waals surface area contributed by atoms with Gasteiger partial charge in [0.25, 0.3) is 0 Å². The van der Waals surface area contributed by atoms with Gasteiger partial charge in [0.15, 0.2) is 0 Å². The van der Waals surface area contributed by atoms with Gasteiger partial charge >= 0.3 is 0 Å². The summed E-state index contributed by atoms with van der Waals surface area (Å²) in [6.45, 7) is 6.56. The molecule has 11 heavy (non-hydrogen) atoms. The van der Waals surface area contributed by atoms with E-state index in [0.717, 1.165) is 0 Å². The zero-order valence-electron chi connectivity index (χ0n) is 7.26. The van der Waals surface area contributed by atoms with Gasteiger partial charge in [-0.25, -0.2) is 0 Å². The van der Waals surface area contributed by atoms with Crippen molar-refractivity contribution in [1.82, 2.24) is 5.32 Å². The van der Waals surface area contributed by atoms with E-state index in [1.165, 1.54) is 0 Å². The van der Waals surface area contributed by atoms with Crippen LogP contribution in [0, 0.1) is 5.92 Å². The van der Waals surface area contributed by atoms with Gasteiger partial charge < -0.3 is 10.1 Å². The molecule has 1 saturated heterocycles. The highest BCUT2D eigenvalue weighted by molar-refractivity contribution is 5.81. The highest BCUT2D eigenvalue weighted by Gasteiger charge is 2.26. The fourth-order valence-corrected chi connectivity index (χ4v) is 1.02. The molecule has 0 aliphatic carbocycles. The summed E-state index contributed by atoms with van der Waals surface area (Å²) in [5.41, 5.74) is 0. The van der Waals surface area contributed by atoms with Crippen LogP contribution in [0.4, 0.5) is 0 Å². The number of hydrogen-bond acceptors (Lipinski definition) is 2. The molecule has 0 saturated carbocycles. The highest BCUT2D eigenvalue weighted by Crippen LogP contribution is 2.08. The second-order valence-electron chi connectivity index (χ2n) is 3.33. The van der Waals surface area contributed by atoms with Crippen molar-refractivity contribution in [2.24, 2.45) is 5.92 Å². The maximum Gasteiger partial charge on any atom is 0.249 e. The maximum atomic E-state index is 11.1. The Kier molecular flexibility index (Phi) is 2.49.